The first-order valence-corrected chi connectivity index (χ1v) is 9.67. The SMILES string of the molecule is C=CCn1c(SCC(=O)N2CCCC2)nnc1-c1ccc(Br)cc1. The Kier molecular flexibility index (Phi) is 5.73. The molecule has 2 heterocycles. The zero-order valence-electron chi connectivity index (χ0n) is 13.3. The molecule has 1 fully saturated rings. The van der Waals surface area contributed by atoms with E-state index in [1.807, 2.05) is 39.8 Å². The highest BCUT2D eigenvalue weighted by molar-refractivity contribution is 9.10. The molecule has 1 aliphatic heterocycles. The number of hydrogen-bond donors (Lipinski definition) is 0. The summed E-state index contributed by atoms with van der Waals surface area (Å²) in [5, 5.41) is 9.34. The summed E-state index contributed by atoms with van der Waals surface area (Å²) >= 11 is 4.88. The number of carbonyl (C=O) groups excluding carboxylic acids is 1. The van der Waals surface area contributed by atoms with Crippen LogP contribution in [0.15, 0.2) is 46.5 Å². The quantitative estimate of drug-likeness (QED) is 0.542. The Morgan fingerprint density at radius 2 is 1.96 bits per heavy atom. The van der Waals surface area contributed by atoms with E-state index in [0.717, 1.165) is 46.9 Å². The van der Waals surface area contributed by atoms with Crippen LogP contribution < -0.4 is 0 Å². The van der Waals surface area contributed by atoms with Crippen LogP contribution in [0.1, 0.15) is 12.8 Å². The summed E-state index contributed by atoms with van der Waals surface area (Å²) in [5.41, 5.74) is 0.991. The monoisotopic (exact) mass is 406 g/mol. The molecule has 2 aromatic rings. The van der Waals surface area contributed by atoms with E-state index in [0.29, 0.717) is 12.3 Å². The van der Waals surface area contributed by atoms with Crippen LogP contribution in [0, 0.1) is 0 Å². The maximum atomic E-state index is 12.2. The van der Waals surface area contributed by atoms with Gasteiger partial charge in [0.2, 0.25) is 5.91 Å². The average Bonchev–Trinajstić information content (AvgIpc) is 3.24. The van der Waals surface area contributed by atoms with Crippen molar-refractivity contribution in [1.82, 2.24) is 19.7 Å². The van der Waals surface area contributed by atoms with Crippen LogP contribution in [0.2, 0.25) is 0 Å². The molecule has 0 bridgehead atoms. The highest BCUT2D eigenvalue weighted by Crippen LogP contribution is 2.25. The molecule has 1 aromatic heterocycles. The molecular formula is C17H19BrN4OS. The molecule has 0 spiro atoms. The minimum absolute atomic E-state index is 0.177. The van der Waals surface area contributed by atoms with Crippen molar-refractivity contribution in [2.24, 2.45) is 0 Å². The number of allylic oxidation sites excluding steroid dienone is 1. The molecule has 1 aliphatic rings. The molecule has 0 unspecified atom stereocenters. The van der Waals surface area contributed by atoms with Gasteiger partial charge in [0.15, 0.2) is 11.0 Å². The van der Waals surface area contributed by atoms with Crippen LogP contribution in [0.5, 0.6) is 0 Å². The molecule has 126 valence electrons. The fraction of sp³-hybridized carbons (Fsp3) is 0.353. The van der Waals surface area contributed by atoms with E-state index in [4.69, 9.17) is 0 Å². The molecule has 1 aromatic carbocycles. The standard InChI is InChI=1S/C17H19BrN4OS/c1-2-9-22-16(13-5-7-14(18)8-6-13)19-20-17(22)24-12-15(23)21-10-3-4-11-21/h2,5-8H,1,3-4,9-12H2. The molecule has 7 heteroatoms. The van der Waals surface area contributed by atoms with Crippen molar-refractivity contribution >= 4 is 33.6 Å². The van der Waals surface area contributed by atoms with Crippen molar-refractivity contribution in [2.45, 2.75) is 24.5 Å². The van der Waals surface area contributed by atoms with Crippen molar-refractivity contribution in [3.63, 3.8) is 0 Å². The van der Waals surface area contributed by atoms with Gasteiger partial charge in [-0.2, -0.15) is 0 Å². The topological polar surface area (TPSA) is 51.0 Å². The molecular weight excluding hydrogens is 388 g/mol. The maximum absolute atomic E-state index is 12.2. The molecule has 5 nitrogen and oxygen atoms in total. The number of carbonyl (C=O) groups is 1. The summed E-state index contributed by atoms with van der Waals surface area (Å²) in [7, 11) is 0. The van der Waals surface area contributed by atoms with Gasteiger partial charge in [-0.25, -0.2) is 0 Å². The lowest BCUT2D eigenvalue weighted by atomic mass is 10.2. The average molecular weight is 407 g/mol. The number of halogens is 1. The molecule has 1 amide bonds. The van der Waals surface area contributed by atoms with Gasteiger partial charge in [-0.3, -0.25) is 9.36 Å². The van der Waals surface area contributed by atoms with Gasteiger partial charge in [-0.05, 0) is 25.0 Å². The number of benzene rings is 1. The Bertz CT molecular complexity index is 723. The highest BCUT2D eigenvalue weighted by atomic mass is 79.9. The predicted molar refractivity (Wildman–Crippen MR) is 99.9 cm³/mol. The summed E-state index contributed by atoms with van der Waals surface area (Å²) in [6.07, 6.45) is 4.03. The molecule has 3 rings (SSSR count). The van der Waals surface area contributed by atoms with Crippen LogP contribution in [0.4, 0.5) is 0 Å². The summed E-state index contributed by atoms with van der Waals surface area (Å²) < 4.78 is 3.02. The lowest BCUT2D eigenvalue weighted by Gasteiger charge is -2.14. The Morgan fingerprint density at radius 1 is 1.25 bits per heavy atom. The van der Waals surface area contributed by atoms with Gasteiger partial charge in [0.25, 0.3) is 0 Å². The van der Waals surface area contributed by atoms with Crippen LogP contribution in [-0.4, -0.2) is 44.4 Å². The van der Waals surface area contributed by atoms with E-state index in [9.17, 15) is 4.79 Å². The fourth-order valence-corrected chi connectivity index (χ4v) is 3.80. The Balaban J connectivity index is 1.76. The van der Waals surface area contributed by atoms with Crippen LogP contribution in [0.25, 0.3) is 11.4 Å². The summed E-state index contributed by atoms with van der Waals surface area (Å²) in [5.74, 6) is 1.37. The van der Waals surface area contributed by atoms with Gasteiger partial charge in [0.05, 0.1) is 5.75 Å². The first-order valence-electron chi connectivity index (χ1n) is 7.89. The smallest absolute Gasteiger partial charge is 0.233 e. The van der Waals surface area contributed by atoms with Crippen LogP contribution in [-0.2, 0) is 11.3 Å². The molecule has 0 aliphatic carbocycles. The van der Waals surface area contributed by atoms with Gasteiger partial charge >= 0.3 is 0 Å². The molecule has 0 atom stereocenters. The summed E-state index contributed by atoms with van der Waals surface area (Å²) in [6.45, 7) is 6.18. The van der Waals surface area contributed by atoms with Gasteiger partial charge < -0.3 is 4.90 Å². The second kappa shape index (κ2) is 7.98. The van der Waals surface area contributed by atoms with Crippen LogP contribution in [0.3, 0.4) is 0 Å². The van der Waals surface area contributed by atoms with Crippen molar-refractivity contribution < 1.29 is 4.79 Å². The molecule has 0 saturated carbocycles. The largest absolute Gasteiger partial charge is 0.342 e. The third-order valence-corrected chi connectivity index (χ3v) is 5.39. The maximum Gasteiger partial charge on any atom is 0.233 e. The Hall–Kier alpha value is -1.60. The van der Waals surface area contributed by atoms with E-state index >= 15 is 0 Å². The van der Waals surface area contributed by atoms with Crippen molar-refractivity contribution in [3.05, 3.63) is 41.4 Å². The lowest BCUT2D eigenvalue weighted by Crippen LogP contribution is -2.29. The van der Waals surface area contributed by atoms with Crippen molar-refractivity contribution in [1.29, 1.82) is 0 Å². The van der Waals surface area contributed by atoms with E-state index < -0.39 is 0 Å². The summed E-state index contributed by atoms with van der Waals surface area (Å²) in [4.78, 5) is 14.2. The van der Waals surface area contributed by atoms with Gasteiger partial charge in [0.1, 0.15) is 0 Å². The third kappa shape index (κ3) is 3.89. The van der Waals surface area contributed by atoms with Gasteiger partial charge in [-0.1, -0.05) is 45.9 Å². The normalized spacial score (nSPS) is 14.1. The first-order chi connectivity index (χ1) is 11.7. The second-order valence-corrected chi connectivity index (χ2v) is 7.45. The highest BCUT2D eigenvalue weighted by Gasteiger charge is 2.20. The second-order valence-electron chi connectivity index (χ2n) is 5.59. The van der Waals surface area contributed by atoms with E-state index in [1.165, 1.54) is 11.8 Å². The molecule has 24 heavy (non-hydrogen) atoms. The minimum Gasteiger partial charge on any atom is -0.342 e. The minimum atomic E-state index is 0.177. The predicted octanol–water partition coefficient (Wildman–Crippen LogP) is 3.61. The zero-order chi connectivity index (χ0) is 16.9. The molecule has 1 saturated heterocycles. The summed E-state index contributed by atoms with van der Waals surface area (Å²) in [6, 6.07) is 7.95. The Labute approximate surface area is 154 Å². The number of likely N-dealkylation sites (tertiary alicyclic amines) is 1. The molecule has 0 radical (unpaired) electrons. The van der Waals surface area contributed by atoms with Gasteiger partial charge in [0, 0.05) is 29.7 Å². The Morgan fingerprint density at radius 3 is 2.62 bits per heavy atom. The zero-order valence-corrected chi connectivity index (χ0v) is 15.7. The van der Waals surface area contributed by atoms with Crippen LogP contribution >= 0.6 is 27.7 Å². The van der Waals surface area contributed by atoms with Crippen molar-refractivity contribution in [2.75, 3.05) is 18.8 Å². The fourth-order valence-electron chi connectivity index (χ4n) is 2.69. The number of nitrogens with zero attached hydrogens (tertiary/aromatic N) is 4. The first kappa shape index (κ1) is 17.2. The number of hydrogen-bond acceptors (Lipinski definition) is 4. The van der Waals surface area contributed by atoms with E-state index in [2.05, 4.69) is 32.7 Å². The number of rotatable bonds is 6. The van der Waals surface area contributed by atoms with E-state index in [1.54, 1.807) is 0 Å². The number of thioether (sulfide) groups is 1. The third-order valence-electron chi connectivity index (χ3n) is 3.91. The van der Waals surface area contributed by atoms with Crippen molar-refractivity contribution in [3.8, 4) is 11.4 Å². The number of aromatic nitrogens is 3. The lowest BCUT2D eigenvalue weighted by molar-refractivity contribution is -0.127. The van der Waals surface area contributed by atoms with E-state index in [-0.39, 0.29) is 5.91 Å². The number of amides is 1. The molecule has 0 N–H and O–H groups in total. The van der Waals surface area contributed by atoms with Gasteiger partial charge in [-0.15, -0.1) is 16.8 Å².